The summed E-state index contributed by atoms with van der Waals surface area (Å²) < 4.78 is 0. The number of hydrogen-bond donors (Lipinski definition) is 3. The SMILES string of the molecule is CC1CC(CCc2ccc(NC(=O)C(CNC[C@@H](C)c3ccc(C#N)cc3)c3ccccc3)nc2)CC(=N)N1C. The number of amidine groups is 1. The van der Waals surface area contributed by atoms with E-state index in [4.69, 9.17) is 10.7 Å². The van der Waals surface area contributed by atoms with Crippen LogP contribution in [-0.2, 0) is 11.2 Å². The molecule has 0 saturated carbocycles. The molecule has 1 saturated heterocycles. The second kappa shape index (κ2) is 13.9. The number of carbonyl (C=O) groups is 1. The predicted molar refractivity (Wildman–Crippen MR) is 160 cm³/mol. The van der Waals surface area contributed by atoms with Crippen molar-refractivity contribution in [3.05, 3.63) is 95.2 Å². The van der Waals surface area contributed by atoms with Gasteiger partial charge >= 0.3 is 0 Å². The van der Waals surface area contributed by atoms with Gasteiger partial charge in [-0.25, -0.2) is 4.98 Å². The Balaban J connectivity index is 1.32. The molecule has 0 radical (unpaired) electrons. The minimum Gasteiger partial charge on any atom is -0.361 e. The molecular weight excluding hydrogens is 496 g/mol. The first kappa shape index (κ1) is 29.0. The number of carbonyl (C=O) groups excluding carboxylic acids is 1. The van der Waals surface area contributed by atoms with Gasteiger partial charge < -0.3 is 15.5 Å². The molecule has 1 aromatic heterocycles. The molecule has 3 unspecified atom stereocenters. The summed E-state index contributed by atoms with van der Waals surface area (Å²) in [4.78, 5) is 20.0. The van der Waals surface area contributed by atoms with Crippen molar-refractivity contribution >= 4 is 17.6 Å². The summed E-state index contributed by atoms with van der Waals surface area (Å²) in [6, 6.07) is 24.0. The number of nitrogens with zero attached hydrogens (tertiary/aromatic N) is 3. The van der Waals surface area contributed by atoms with Gasteiger partial charge in [0.25, 0.3) is 0 Å². The van der Waals surface area contributed by atoms with Gasteiger partial charge in [-0.15, -0.1) is 0 Å². The maximum atomic E-state index is 13.4. The lowest BCUT2D eigenvalue weighted by Gasteiger charge is -2.37. The van der Waals surface area contributed by atoms with Crippen molar-refractivity contribution < 1.29 is 4.79 Å². The molecule has 1 fully saturated rings. The number of aryl methyl sites for hydroxylation is 1. The highest BCUT2D eigenvalue weighted by atomic mass is 16.2. The maximum absolute atomic E-state index is 13.4. The Morgan fingerprint density at radius 1 is 1.10 bits per heavy atom. The largest absolute Gasteiger partial charge is 0.361 e. The lowest BCUT2D eigenvalue weighted by molar-refractivity contribution is -0.117. The number of amides is 1. The third-order valence-electron chi connectivity index (χ3n) is 8.09. The van der Waals surface area contributed by atoms with E-state index >= 15 is 0 Å². The van der Waals surface area contributed by atoms with Gasteiger partial charge in [-0.2, -0.15) is 5.26 Å². The lowest BCUT2D eigenvalue weighted by Crippen LogP contribution is -2.41. The highest BCUT2D eigenvalue weighted by Crippen LogP contribution is 2.27. The van der Waals surface area contributed by atoms with Crippen molar-refractivity contribution in [2.24, 2.45) is 5.92 Å². The third-order valence-corrected chi connectivity index (χ3v) is 8.09. The molecule has 1 amide bonds. The third kappa shape index (κ3) is 7.77. The molecule has 0 spiro atoms. The minimum absolute atomic E-state index is 0.0937. The fourth-order valence-electron chi connectivity index (χ4n) is 5.35. The maximum Gasteiger partial charge on any atom is 0.234 e. The molecule has 1 aliphatic heterocycles. The van der Waals surface area contributed by atoms with Crippen molar-refractivity contribution in [2.75, 3.05) is 25.5 Å². The summed E-state index contributed by atoms with van der Waals surface area (Å²) in [7, 11) is 2.01. The van der Waals surface area contributed by atoms with Crippen LogP contribution >= 0.6 is 0 Å². The molecule has 7 nitrogen and oxygen atoms in total. The summed E-state index contributed by atoms with van der Waals surface area (Å²) in [5.41, 5.74) is 3.90. The van der Waals surface area contributed by atoms with E-state index in [0.29, 0.717) is 36.4 Å². The second-order valence-electron chi connectivity index (χ2n) is 11.0. The first-order valence-electron chi connectivity index (χ1n) is 14.2. The van der Waals surface area contributed by atoms with Crippen molar-refractivity contribution in [3.8, 4) is 6.07 Å². The monoisotopic (exact) mass is 536 g/mol. The highest BCUT2D eigenvalue weighted by molar-refractivity contribution is 5.95. The molecular formula is C33H40N6O. The summed E-state index contributed by atoms with van der Waals surface area (Å²) in [5, 5.41) is 23.7. The van der Waals surface area contributed by atoms with E-state index < -0.39 is 0 Å². The Labute approximate surface area is 238 Å². The number of piperidine rings is 1. The van der Waals surface area contributed by atoms with Crippen LogP contribution in [0.3, 0.4) is 0 Å². The normalized spacial score (nSPS) is 18.6. The topological polar surface area (TPSA) is 105 Å². The summed E-state index contributed by atoms with van der Waals surface area (Å²) in [6.45, 7) is 5.53. The van der Waals surface area contributed by atoms with E-state index in [1.54, 1.807) is 0 Å². The van der Waals surface area contributed by atoms with Crippen molar-refractivity contribution in [1.82, 2.24) is 15.2 Å². The van der Waals surface area contributed by atoms with Gasteiger partial charge in [-0.05, 0) is 72.9 Å². The number of rotatable bonds is 11. The molecule has 2 aromatic carbocycles. The van der Waals surface area contributed by atoms with Crippen molar-refractivity contribution in [1.29, 1.82) is 10.7 Å². The Kier molecular flexibility index (Phi) is 10.0. The predicted octanol–water partition coefficient (Wildman–Crippen LogP) is 5.71. The molecule has 1 aliphatic rings. The zero-order chi connectivity index (χ0) is 28.5. The smallest absolute Gasteiger partial charge is 0.234 e. The molecule has 3 aromatic rings. The van der Waals surface area contributed by atoms with E-state index in [1.807, 2.05) is 80.0 Å². The van der Waals surface area contributed by atoms with Gasteiger partial charge in [0.1, 0.15) is 5.82 Å². The van der Waals surface area contributed by atoms with Crippen LogP contribution < -0.4 is 10.6 Å². The molecule has 0 bridgehead atoms. The lowest BCUT2D eigenvalue weighted by atomic mass is 9.87. The van der Waals surface area contributed by atoms with Crippen LogP contribution in [0.1, 0.15) is 67.2 Å². The van der Waals surface area contributed by atoms with Gasteiger partial charge in [0.2, 0.25) is 5.91 Å². The van der Waals surface area contributed by atoms with E-state index in [1.165, 1.54) is 0 Å². The first-order chi connectivity index (χ1) is 19.3. The van der Waals surface area contributed by atoms with E-state index in [0.717, 1.165) is 48.2 Å². The molecule has 3 N–H and O–H groups in total. The summed E-state index contributed by atoms with van der Waals surface area (Å²) in [6.07, 6.45) is 5.76. The van der Waals surface area contributed by atoms with Crippen LogP contribution in [-0.4, -0.2) is 47.8 Å². The average molecular weight is 537 g/mol. The molecule has 208 valence electrons. The molecule has 4 atom stereocenters. The molecule has 2 heterocycles. The molecule has 4 rings (SSSR count). The van der Waals surface area contributed by atoms with Crippen molar-refractivity contribution in [2.45, 2.75) is 57.4 Å². The summed E-state index contributed by atoms with van der Waals surface area (Å²) in [5.74, 6) is 1.59. The van der Waals surface area contributed by atoms with E-state index in [9.17, 15) is 4.79 Å². The van der Waals surface area contributed by atoms with Gasteiger partial charge in [0.15, 0.2) is 0 Å². The van der Waals surface area contributed by atoms with Gasteiger partial charge in [-0.3, -0.25) is 10.2 Å². The fourth-order valence-corrected chi connectivity index (χ4v) is 5.35. The number of likely N-dealkylation sites (tertiary alicyclic amines) is 1. The van der Waals surface area contributed by atoms with Crippen LogP contribution in [0.2, 0.25) is 0 Å². The zero-order valence-electron chi connectivity index (χ0n) is 23.7. The van der Waals surface area contributed by atoms with Gasteiger partial charge in [0, 0.05) is 38.8 Å². The van der Waals surface area contributed by atoms with Gasteiger partial charge in [0.05, 0.1) is 23.4 Å². The van der Waals surface area contributed by atoms with E-state index in [2.05, 4.69) is 40.4 Å². The Bertz CT molecular complexity index is 1300. The molecule has 0 aliphatic carbocycles. The second-order valence-corrected chi connectivity index (χ2v) is 11.0. The number of aromatic nitrogens is 1. The minimum atomic E-state index is -0.363. The number of anilines is 1. The molecule has 40 heavy (non-hydrogen) atoms. The fraction of sp³-hybridized carbons (Fsp3) is 0.394. The standard InChI is InChI=1S/C33H40N6O/c1-23(28-14-11-25(19-34)12-15-28)20-36-22-30(29-7-5-4-6-8-29)33(40)38-32-16-13-26(21-37-32)9-10-27-17-24(2)39(3)31(35)18-27/h4-8,11-16,21,23-24,27,30,35-36H,9-10,17-18,20,22H2,1-3H3,(H,37,38,40)/t23-,24?,27?,30?/m1/s1. The Morgan fingerprint density at radius 3 is 2.50 bits per heavy atom. The van der Waals surface area contributed by atoms with Crippen LogP contribution in [0.15, 0.2) is 72.9 Å². The van der Waals surface area contributed by atoms with E-state index in [-0.39, 0.29) is 17.7 Å². The van der Waals surface area contributed by atoms with Crippen molar-refractivity contribution in [3.63, 3.8) is 0 Å². The quantitative estimate of drug-likeness (QED) is 0.291. The zero-order valence-corrected chi connectivity index (χ0v) is 23.7. The Morgan fingerprint density at radius 2 is 1.85 bits per heavy atom. The molecule has 7 heteroatoms. The van der Waals surface area contributed by atoms with Crippen LogP contribution in [0.5, 0.6) is 0 Å². The number of nitriles is 1. The average Bonchev–Trinajstić information content (AvgIpc) is 2.98. The van der Waals surface area contributed by atoms with Gasteiger partial charge in [-0.1, -0.05) is 55.5 Å². The number of benzene rings is 2. The van der Waals surface area contributed by atoms with Crippen LogP contribution in [0.25, 0.3) is 0 Å². The summed E-state index contributed by atoms with van der Waals surface area (Å²) >= 11 is 0. The Hall–Kier alpha value is -4.02. The number of pyridine rings is 1. The highest BCUT2D eigenvalue weighted by Gasteiger charge is 2.26. The number of hydrogen-bond acceptors (Lipinski definition) is 5. The van der Waals surface area contributed by atoms with Crippen LogP contribution in [0.4, 0.5) is 5.82 Å². The first-order valence-corrected chi connectivity index (χ1v) is 14.2. The van der Waals surface area contributed by atoms with Crippen LogP contribution in [0, 0.1) is 22.7 Å². The number of nitrogens with one attached hydrogen (secondary N) is 3.